The molecule has 0 heterocycles. The highest BCUT2D eigenvalue weighted by atomic mass is 32.2. The standard InChI is InChI=1S/C20H18F3NO2S/c1-14-11-18(7-8-19(14)25-2)27-13-15(9-10-24)12-26-17-5-3-16(4-6-17)20(21,22)23/h3-9,11H,12-13H2,1-2H3/b15-9+. The molecule has 0 aromatic heterocycles. The topological polar surface area (TPSA) is 42.2 Å². The van der Waals surface area contributed by atoms with Gasteiger partial charge in [-0.1, -0.05) is 0 Å². The van der Waals surface area contributed by atoms with Gasteiger partial charge in [0.1, 0.15) is 18.1 Å². The first-order valence-corrected chi connectivity index (χ1v) is 8.97. The Kier molecular flexibility index (Phi) is 7.19. The van der Waals surface area contributed by atoms with E-state index in [2.05, 4.69) is 0 Å². The fourth-order valence-electron chi connectivity index (χ4n) is 2.25. The first kappa shape index (κ1) is 20.7. The van der Waals surface area contributed by atoms with Crippen molar-refractivity contribution in [1.29, 1.82) is 5.26 Å². The van der Waals surface area contributed by atoms with E-state index < -0.39 is 11.7 Å². The van der Waals surface area contributed by atoms with E-state index in [1.165, 1.54) is 30.0 Å². The third kappa shape index (κ3) is 6.26. The highest BCUT2D eigenvalue weighted by Gasteiger charge is 2.30. The van der Waals surface area contributed by atoms with Crippen LogP contribution < -0.4 is 9.47 Å². The number of ether oxygens (including phenoxy) is 2. The minimum Gasteiger partial charge on any atom is -0.496 e. The van der Waals surface area contributed by atoms with E-state index in [1.807, 2.05) is 31.2 Å². The van der Waals surface area contributed by atoms with E-state index in [0.717, 1.165) is 33.9 Å². The zero-order valence-corrected chi connectivity index (χ0v) is 15.7. The van der Waals surface area contributed by atoms with Crippen molar-refractivity contribution < 1.29 is 22.6 Å². The lowest BCUT2D eigenvalue weighted by molar-refractivity contribution is -0.137. The Bertz CT molecular complexity index is 840. The number of alkyl halides is 3. The molecule has 3 nitrogen and oxygen atoms in total. The summed E-state index contributed by atoms with van der Waals surface area (Å²) >= 11 is 1.54. The molecule has 0 aliphatic carbocycles. The maximum absolute atomic E-state index is 12.6. The van der Waals surface area contributed by atoms with Gasteiger partial charge in [-0.05, 0) is 60.5 Å². The Labute approximate surface area is 160 Å². The molecule has 7 heteroatoms. The van der Waals surface area contributed by atoms with Gasteiger partial charge in [-0.15, -0.1) is 11.8 Å². The molecule has 0 atom stereocenters. The van der Waals surface area contributed by atoms with Gasteiger partial charge in [-0.25, -0.2) is 0 Å². The molecule has 0 saturated carbocycles. The van der Waals surface area contributed by atoms with Crippen molar-refractivity contribution in [1.82, 2.24) is 0 Å². The Morgan fingerprint density at radius 3 is 2.44 bits per heavy atom. The van der Waals surface area contributed by atoms with E-state index in [4.69, 9.17) is 14.7 Å². The molecule has 27 heavy (non-hydrogen) atoms. The van der Waals surface area contributed by atoms with Crippen molar-refractivity contribution in [2.45, 2.75) is 18.0 Å². The average molecular weight is 393 g/mol. The van der Waals surface area contributed by atoms with Crippen LogP contribution in [0.25, 0.3) is 0 Å². The molecular weight excluding hydrogens is 375 g/mol. The van der Waals surface area contributed by atoms with E-state index in [-0.39, 0.29) is 6.61 Å². The molecule has 2 aromatic rings. The molecule has 0 N–H and O–H groups in total. The smallest absolute Gasteiger partial charge is 0.416 e. The summed E-state index contributed by atoms with van der Waals surface area (Å²) < 4.78 is 48.5. The zero-order valence-electron chi connectivity index (χ0n) is 14.8. The van der Waals surface area contributed by atoms with Gasteiger partial charge < -0.3 is 9.47 Å². The molecule has 0 bridgehead atoms. The molecule has 0 fully saturated rings. The monoisotopic (exact) mass is 393 g/mol. The quantitative estimate of drug-likeness (QED) is 0.451. The normalized spacial score (nSPS) is 11.8. The highest BCUT2D eigenvalue weighted by Crippen LogP contribution is 2.30. The number of nitrogens with zero attached hydrogens (tertiary/aromatic N) is 1. The minimum absolute atomic E-state index is 0.126. The summed E-state index contributed by atoms with van der Waals surface area (Å²) in [6, 6.07) is 12.3. The molecule has 0 aliphatic heterocycles. The lowest BCUT2D eigenvalue weighted by Gasteiger charge is -2.11. The molecule has 0 saturated heterocycles. The van der Waals surface area contributed by atoms with Crippen LogP contribution in [0.2, 0.25) is 0 Å². The van der Waals surface area contributed by atoms with Gasteiger partial charge in [-0.3, -0.25) is 0 Å². The SMILES string of the molecule is COc1ccc(SC/C(=C/C#N)COc2ccc(C(F)(F)F)cc2)cc1C. The highest BCUT2D eigenvalue weighted by molar-refractivity contribution is 7.99. The molecule has 0 spiro atoms. The van der Waals surface area contributed by atoms with Gasteiger partial charge in [0.25, 0.3) is 0 Å². The van der Waals surface area contributed by atoms with Gasteiger partial charge in [0.2, 0.25) is 0 Å². The number of rotatable bonds is 7. The number of benzene rings is 2. The molecule has 0 radical (unpaired) electrons. The zero-order chi connectivity index (χ0) is 19.9. The summed E-state index contributed by atoms with van der Waals surface area (Å²) in [6.45, 7) is 2.07. The number of allylic oxidation sites excluding steroid dienone is 1. The first-order valence-electron chi connectivity index (χ1n) is 7.98. The van der Waals surface area contributed by atoms with Gasteiger partial charge in [0.15, 0.2) is 0 Å². The van der Waals surface area contributed by atoms with E-state index in [9.17, 15) is 13.2 Å². The Balaban J connectivity index is 1.95. The van der Waals surface area contributed by atoms with Crippen LogP contribution in [-0.2, 0) is 6.18 Å². The number of hydrogen-bond acceptors (Lipinski definition) is 4. The van der Waals surface area contributed by atoms with Crippen molar-refractivity contribution in [2.24, 2.45) is 0 Å². The van der Waals surface area contributed by atoms with Crippen LogP contribution in [-0.4, -0.2) is 19.5 Å². The molecule has 2 rings (SSSR count). The number of methoxy groups -OCH3 is 1. The van der Waals surface area contributed by atoms with Crippen LogP contribution in [0.1, 0.15) is 11.1 Å². The number of nitriles is 1. The second-order valence-corrected chi connectivity index (χ2v) is 6.71. The van der Waals surface area contributed by atoms with Crippen LogP contribution in [0.15, 0.2) is 59.0 Å². The van der Waals surface area contributed by atoms with Crippen molar-refractivity contribution in [3.63, 3.8) is 0 Å². The molecule has 0 amide bonds. The lowest BCUT2D eigenvalue weighted by Crippen LogP contribution is -2.06. The van der Waals surface area contributed by atoms with Crippen molar-refractivity contribution in [3.8, 4) is 17.6 Å². The number of halogens is 3. The minimum atomic E-state index is -4.38. The van der Waals surface area contributed by atoms with E-state index in [0.29, 0.717) is 11.5 Å². The van der Waals surface area contributed by atoms with Gasteiger partial charge in [0.05, 0.1) is 18.7 Å². The fraction of sp³-hybridized carbons (Fsp3) is 0.250. The second kappa shape index (κ2) is 9.38. The van der Waals surface area contributed by atoms with Crippen LogP contribution >= 0.6 is 11.8 Å². The van der Waals surface area contributed by atoms with Crippen molar-refractivity contribution in [2.75, 3.05) is 19.5 Å². The second-order valence-electron chi connectivity index (χ2n) is 5.66. The summed E-state index contributed by atoms with van der Waals surface area (Å²) in [7, 11) is 1.61. The van der Waals surface area contributed by atoms with Gasteiger partial charge >= 0.3 is 6.18 Å². The Hall–Kier alpha value is -2.59. The summed E-state index contributed by atoms with van der Waals surface area (Å²) in [5.41, 5.74) is 1.01. The maximum atomic E-state index is 12.6. The Morgan fingerprint density at radius 2 is 1.89 bits per heavy atom. The molecule has 142 valence electrons. The summed E-state index contributed by atoms with van der Waals surface area (Å²) in [6.07, 6.45) is -2.98. The van der Waals surface area contributed by atoms with Crippen LogP contribution in [0.3, 0.4) is 0 Å². The van der Waals surface area contributed by atoms with Crippen LogP contribution in [0.5, 0.6) is 11.5 Å². The van der Waals surface area contributed by atoms with Crippen LogP contribution in [0.4, 0.5) is 13.2 Å². The molecular formula is C20H18F3NO2S. The lowest BCUT2D eigenvalue weighted by atomic mass is 10.2. The van der Waals surface area contributed by atoms with E-state index >= 15 is 0 Å². The summed E-state index contributed by atoms with van der Waals surface area (Å²) in [5.74, 6) is 1.65. The largest absolute Gasteiger partial charge is 0.496 e. The third-order valence-electron chi connectivity index (χ3n) is 3.67. The van der Waals surface area contributed by atoms with E-state index in [1.54, 1.807) is 7.11 Å². The molecule has 0 unspecified atom stereocenters. The van der Waals surface area contributed by atoms with Crippen molar-refractivity contribution >= 4 is 11.8 Å². The summed E-state index contributed by atoms with van der Waals surface area (Å²) in [5, 5.41) is 8.94. The predicted molar refractivity (Wildman–Crippen MR) is 99.1 cm³/mol. The maximum Gasteiger partial charge on any atom is 0.416 e. The number of hydrogen-bond donors (Lipinski definition) is 0. The predicted octanol–water partition coefficient (Wildman–Crippen LogP) is 5.64. The third-order valence-corrected chi connectivity index (χ3v) is 4.77. The van der Waals surface area contributed by atoms with Gasteiger partial charge in [0, 0.05) is 16.7 Å². The van der Waals surface area contributed by atoms with Gasteiger partial charge in [-0.2, -0.15) is 18.4 Å². The van der Waals surface area contributed by atoms with Crippen molar-refractivity contribution in [3.05, 3.63) is 65.2 Å². The molecule has 0 aliphatic rings. The number of thioether (sulfide) groups is 1. The average Bonchev–Trinajstić information content (AvgIpc) is 2.63. The summed E-state index contributed by atoms with van der Waals surface area (Å²) in [4.78, 5) is 1.02. The number of aryl methyl sites for hydroxylation is 1. The van der Waals surface area contributed by atoms with Crippen LogP contribution in [0, 0.1) is 18.3 Å². The Morgan fingerprint density at radius 1 is 1.19 bits per heavy atom. The first-order chi connectivity index (χ1) is 12.8. The fourth-order valence-corrected chi connectivity index (χ4v) is 3.19. The molecule has 2 aromatic carbocycles.